The topological polar surface area (TPSA) is 106 Å². The highest BCUT2D eigenvalue weighted by atomic mass is 16.5. The van der Waals surface area contributed by atoms with E-state index in [4.69, 9.17) is 4.74 Å². The van der Waals surface area contributed by atoms with Gasteiger partial charge in [-0.25, -0.2) is 0 Å². The number of benzene rings is 2. The SMILES string of the molecule is COc1ccc(C2/C(=C(/O)c3c[nH]c4ccccc34)C(=O)C(=O)N2CCCN(C)C)cc1O. The number of H-pyrrole nitrogens is 1. The number of carbonyl (C=O) groups is 2. The molecule has 1 saturated heterocycles. The summed E-state index contributed by atoms with van der Waals surface area (Å²) in [5.41, 5.74) is 1.76. The number of hydrogen-bond donors (Lipinski definition) is 3. The number of hydrogen-bond acceptors (Lipinski definition) is 6. The Morgan fingerprint density at radius 3 is 2.64 bits per heavy atom. The van der Waals surface area contributed by atoms with Crippen LogP contribution in [0.4, 0.5) is 0 Å². The van der Waals surface area contributed by atoms with Crippen LogP contribution in [-0.4, -0.2) is 71.0 Å². The molecule has 3 N–H and O–H groups in total. The summed E-state index contributed by atoms with van der Waals surface area (Å²) in [6.07, 6.45) is 2.27. The maximum absolute atomic E-state index is 13.2. The monoisotopic (exact) mass is 449 g/mol. The molecule has 0 spiro atoms. The van der Waals surface area contributed by atoms with Crippen molar-refractivity contribution in [2.24, 2.45) is 0 Å². The first-order valence-corrected chi connectivity index (χ1v) is 10.7. The molecule has 1 unspecified atom stereocenters. The molecule has 4 rings (SSSR count). The third-order valence-corrected chi connectivity index (χ3v) is 5.91. The summed E-state index contributed by atoms with van der Waals surface area (Å²) in [7, 11) is 5.31. The van der Waals surface area contributed by atoms with Crippen molar-refractivity contribution < 1.29 is 24.5 Å². The van der Waals surface area contributed by atoms with E-state index in [0.717, 1.165) is 17.4 Å². The van der Waals surface area contributed by atoms with Crippen molar-refractivity contribution in [2.75, 3.05) is 34.3 Å². The van der Waals surface area contributed by atoms with Crippen molar-refractivity contribution in [1.82, 2.24) is 14.8 Å². The highest BCUT2D eigenvalue weighted by Gasteiger charge is 2.46. The van der Waals surface area contributed by atoms with Gasteiger partial charge in [-0.15, -0.1) is 0 Å². The van der Waals surface area contributed by atoms with Gasteiger partial charge in [0.2, 0.25) is 0 Å². The van der Waals surface area contributed by atoms with E-state index in [0.29, 0.717) is 24.1 Å². The molecular weight excluding hydrogens is 422 g/mol. The Balaban J connectivity index is 1.86. The van der Waals surface area contributed by atoms with E-state index in [1.807, 2.05) is 43.3 Å². The minimum absolute atomic E-state index is 0.000766. The molecule has 0 aliphatic carbocycles. The molecule has 172 valence electrons. The number of amides is 1. The number of phenols is 1. The van der Waals surface area contributed by atoms with Crippen LogP contribution in [0.25, 0.3) is 16.7 Å². The zero-order chi connectivity index (χ0) is 23.7. The number of aliphatic hydroxyl groups excluding tert-OH is 1. The Bertz CT molecular complexity index is 1240. The van der Waals surface area contributed by atoms with E-state index in [1.54, 1.807) is 18.3 Å². The highest BCUT2D eigenvalue weighted by Crippen LogP contribution is 2.42. The second-order valence-corrected chi connectivity index (χ2v) is 8.33. The van der Waals surface area contributed by atoms with Gasteiger partial charge < -0.3 is 29.7 Å². The third kappa shape index (κ3) is 4.05. The summed E-state index contributed by atoms with van der Waals surface area (Å²) in [5, 5.41) is 22.4. The molecule has 0 saturated carbocycles. The van der Waals surface area contributed by atoms with E-state index < -0.39 is 17.7 Å². The van der Waals surface area contributed by atoms with Crippen LogP contribution in [0.2, 0.25) is 0 Å². The van der Waals surface area contributed by atoms with Gasteiger partial charge in [-0.1, -0.05) is 24.3 Å². The molecule has 2 heterocycles. The van der Waals surface area contributed by atoms with E-state index in [9.17, 15) is 19.8 Å². The number of phenolic OH excluding ortho intramolecular Hbond substituents is 1. The molecule has 8 nitrogen and oxygen atoms in total. The third-order valence-electron chi connectivity index (χ3n) is 5.91. The second-order valence-electron chi connectivity index (χ2n) is 8.33. The predicted molar refractivity (Wildman–Crippen MR) is 125 cm³/mol. The molecule has 1 amide bonds. The zero-order valence-electron chi connectivity index (χ0n) is 18.8. The lowest BCUT2D eigenvalue weighted by molar-refractivity contribution is -0.139. The second kappa shape index (κ2) is 8.99. The number of aromatic amines is 1. The number of ketones is 1. The minimum atomic E-state index is -0.836. The lowest BCUT2D eigenvalue weighted by Gasteiger charge is -2.26. The molecule has 1 fully saturated rings. The van der Waals surface area contributed by atoms with Gasteiger partial charge in [-0.3, -0.25) is 9.59 Å². The fraction of sp³-hybridized carbons (Fsp3) is 0.280. The van der Waals surface area contributed by atoms with E-state index >= 15 is 0 Å². The van der Waals surface area contributed by atoms with Gasteiger partial charge in [-0.2, -0.15) is 0 Å². The Morgan fingerprint density at radius 2 is 1.94 bits per heavy atom. The number of aromatic hydroxyl groups is 1. The van der Waals surface area contributed by atoms with Crippen LogP contribution in [0.3, 0.4) is 0 Å². The molecule has 1 aliphatic rings. The number of aliphatic hydroxyl groups is 1. The number of carbonyl (C=O) groups excluding carboxylic acids is 2. The van der Waals surface area contributed by atoms with Crippen LogP contribution >= 0.6 is 0 Å². The van der Waals surface area contributed by atoms with Crippen molar-refractivity contribution in [1.29, 1.82) is 0 Å². The first-order valence-electron chi connectivity index (χ1n) is 10.7. The van der Waals surface area contributed by atoms with Gasteiger partial charge in [-0.05, 0) is 50.8 Å². The molecule has 2 aromatic carbocycles. The minimum Gasteiger partial charge on any atom is -0.507 e. The van der Waals surface area contributed by atoms with Crippen LogP contribution in [-0.2, 0) is 9.59 Å². The number of likely N-dealkylation sites (tertiary alicyclic amines) is 1. The number of para-hydroxylation sites is 1. The fourth-order valence-electron chi connectivity index (χ4n) is 4.30. The number of methoxy groups -OCH3 is 1. The first-order chi connectivity index (χ1) is 15.8. The molecule has 0 radical (unpaired) electrons. The normalized spacial score (nSPS) is 17.9. The average Bonchev–Trinajstić information content (AvgIpc) is 3.33. The number of aromatic nitrogens is 1. The molecule has 1 atom stereocenters. The number of rotatable bonds is 7. The molecular formula is C25H27N3O5. The van der Waals surface area contributed by atoms with Crippen molar-refractivity contribution in [3.05, 3.63) is 65.4 Å². The number of nitrogens with one attached hydrogen (secondary N) is 1. The summed E-state index contributed by atoms with van der Waals surface area (Å²) in [5.74, 6) is -1.50. The van der Waals surface area contributed by atoms with Gasteiger partial charge in [0.1, 0.15) is 5.76 Å². The summed E-state index contributed by atoms with van der Waals surface area (Å²) < 4.78 is 5.14. The number of fused-ring (bicyclic) bond motifs is 1. The molecule has 8 heteroatoms. The number of ether oxygens (including phenoxy) is 1. The highest BCUT2D eigenvalue weighted by molar-refractivity contribution is 6.46. The van der Waals surface area contributed by atoms with E-state index in [1.165, 1.54) is 18.1 Å². The van der Waals surface area contributed by atoms with Gasteiger partial charge in [0, 0.05) is 29.2 Å². The summed E-state index contributed by atoms with van der Waals surface area (Å²) >= 11 is 0. The van der Waals surface area contributed by atoms with Gasteiger partial charge in [0.25, 0.3) is 11.7 Å². The Morgan fingerprint density at radius 1 is 1.18 bits per heavy atom. The lowest BCUT2D eigenvalue weighted by Crippen LogP contribution is -2.32. The molecule has 1 aliphatic heterocycles. The predicted octanol–water partition coefficient (Wildman–Crippen LogP) is 3.26. The molecule has 1 aromatic heterocycles. The Labute approximate surface area is 191 Å². The molecule has 0 bridgehead atoms. The van der Waals surface area contributed by atoms with Gasteiger partial charge in [0.15, 0.2) is 11.5 Å². The van der Waals surface area contributed by atoms with Crippen molar-refractivity contribution in [3.8, 4) is 11.5 Å². The molecule has 33 heavy (non-hydrogen) atoms. The maximum Gasteiger partial charge on any atom is 0.295 e. The van der Waals surface area contributed by atoms with Crippen molar-refractivity contribution >= 4 is 28.4 Å². The zero-order valence-corrected chi connectivity index (χ0v) is 18.8. The smallest absolute Gasteiger partial charge is 0.295 e. The Kier molecular flexibility index (Phi) is 6.11. The summed E-state index contributed by atoms with van der Waals surface area (Å²) in [6.45, 7) is 1.05. The number of nitrogens with zero attached hydrogens (tertiary/aromatic N) is 2. The van der Waals surface area contributed by atoms with Crippen LogP contribution in [0, 0.1) is 0 Å². The lowest BCUT2D eigenvalue weighted by atomic mass is 9.94. The van der Waals surface area contributed by atoms with Crippen LogP contribution in [0.1, 0.15) is 23.6 Å². The quantitative estimate of drug-likeness (QED) is 0.290. The van der Waals surface area contributed by atoms with E-state index in [-0.39, 0.29) is 22.8 Å². The van der Waals surface area contributed by atoms with Crippen molar-refractivity contribution in [3.63, 3.8) is 0 Å². The largest absolute Gasteiger partial charge is 0.507 e. The van der Waals surface area contributed by atoms with Crippen LogP contribution in [0.5, 0.6) is 11.5 Å². The van der Waals surface area contributed by atoms with Gasteiger partial charge >= 0.3 is 0 Å². The summed E-state index contributed by atoms with van der Waals surface area (Å²) in [6, 6.07) is 11.3. The standard InChI is InChI=1S/C25H27N3O5/c1-27(2)11-6-12-28-22(15-9-10-20(33-3)19(29)13-15)21(24(31)25(28)32)23(30)17-14-26-18-8-5-4-7-16(17)18/h4-5,7-10,13-14,22,26,29-30H,6,11-12H2,1-3H3/b23-21-. The fourth-order valence-corrected chi connectivity index (χ4v) is 4.30. The Hall–Kier alpha value is -3.78. The molecule has 3 aromatic rings. The average molecular weight is 450 g/mol. The maximum atomic E-state index is 13.2. The van der Waals surface area contributed by atoms with Crippen molar-refractivity contribution in [2.45, 2.75) is 12.5 Å². The van der Waals surface area contributed by atoms with E-state index in [2.05, 4.69) is 4.98 Å². The van der Waals surface area contributed by atoms with Crippen LogP contribution < -0.4 is 4.74 Å². The van der Waals surface area contributed by atoms with Gasteiger partial charge in [0.05, 0.1) is 18.7 Å². The summed E-state index contributed by atoms with van der Waals surface area (Å²) in [4.78, 5) is 32.8. The first kappa shape index (κ1) is 22.4. The number of Topliss-reactive ketones (excluding diaryl/α,β-unsaturated/α-hetero) is 1. The van der Waals surface area contributed by atoms with Crippen LogP contribution in [0.15, 0.2) is 54.2 Å².